The molecule has 6 heteroatoms. The van der Waals surface area contributed by atoms with E-state index in [0.29, 0.717) is 23.2 Å². The summed E-state index contributed by atoms with van der Waals surface area (Å²) in [7, 11) is 2.98. The number of rotatable bonds is 3. The van der Waals surface area contributed by atoms with Gasteiger partial charge in [-0.1, -0.05) is 20.8 Å². The van der Waals surface area contributed by atoms with Crippen molar-refractivity contribution >= 4 is 12.0 Å². The number of aryl methyl sites for hydroxylation is 1. The van der Waals surface area contributed by atoms with Crippen LogP contribution in [0.2, 0.25) is 0 Å². The van der Waals surface area contributed by atoms with E-state index < -0.39 is 17.2 Å². The molecule has 6 nitrogen and oxygen atoms in total. The zero-order valence-corrected chi connectivity index (χ0v) is 15.5. The second-order valence-electron chi connectivity index (χ2n) is 8.11. The van der Waals surface area contributed by atoms with Crippen LogP contribution in [0, 0.1) is 23.2 Å². The largest absolute Gasteiger partial charge is 0.459 e. The fraction of sp³-hybridized carbons (Fsp3) is 0.632. The van der Waals surface area contributed by atoms with Crippen LogP contribution in [0.1, 0.15) is 39.2 Å². The number of carbonyl (C=O) groups is 1. The zero-order valence-electron chi connectivity index (χ0n) is 15.5. The number of aromatic nitrogens is 2. The van der Waals surface area contributed by atoms with Crippen molar-refractivity contribution in [3.05, 3.63) is 38.7 Å². The van der Waals surface area contributed by atoms with Gasteiger partial charge in [0.2, 0.25) is 0 Å². The number of nitrogens with zero attached hydrogens (tertiary/aromatic N) is 2. The molecule has 4 atom stereocenters. The molecule has 0 N–H and O–H groups in total. The van der Waals surface area contributed by atoms with E-state index in [1.807, 2.05) is 0 Å². The van der Waals surface area contributed by atoms with Crippen LogP contribution in [-0.2, 0) is 23.6 Å². The predicted octanol–water partition coefficient (Wildman–Crippen LogP) is 1.71. The van der Waals surface area contributed by atoms with E-state index in [1.54, 1.807) is 7.05 Å². The minimum Gasteiger partial charge on any atom is -0.459 e. The molecular weight excluding hydrogens is 320 g/mol. The van der Waals surface area contributed by atoms with Gasteiger partial charge in [0.25, 0.3) is 5.56 Å². The molecule has 3 aliphatic rings. The van der Waals surface area contributed by atoms with Gasteiger partial charge in [-0.3, -0.25) is 9.36 Å². The molecule has 3 saturated carbocycles. The molecule has 0 amide bonds. The van der Waals surface area contributed by atoms with Crippen LogP contribution in [0.4, 0.5) is 0 Å². The molecule has 0 aromatic carbocycles. The Morgan fingerprint density at radius 1 is 1.28 bits per heavy atom. The van der Waals surface area contributed by atoms with Crippen LogP contribution < -0.4 is 11.2 Å². The van der Waals surface area contributed by atoms with Gasteiger partial charge in [-0.25, -0.2) is 9.59 Å². The molecule has 2 bridgehead atoms. The highest BCUT2D eigenvalue weighted by Crippen LogP contribution is 2.61. The lowest BCUT2D eigenvalue weighted by atomic mass is 9.45. The van der Waals surface area contributed by atoms with Crippen molar-refractivity contribution in [1.29, 1.82) is 0 Å². The van der Waals surface area contributed by atoms with E-state index in [9.17, 15) is 14.4 Å². The zero-order chi connectivity index (χ0) is 18.5. The molecular formula is C19H26N2O4. The maximum absolute atomic E-state index is 12.2. The first-order valence-electron chi connectivity index (χ1n) is 8.78. The van der Waals surface area contributed by atoms with Gasteiger partial charge in [0.05, 0.1) is 5.56 Å². The second-order valence-corrected chi connectivity index (χ2v) is 8.11. The first-order valence-corrected chi connectivity index (χ1v) is 8.78. The molecule has 0 radical (unpaired) electrons. The van der Waals surface area contributed by atoms with E-state index in [1.165, 1.54) is 36.4 Å². The summed E-state index contributed by atoms with van der Waals surface area (Å²) in [5, 5.41) is 0. The summed E-state index contributed by atoms with van der Waals surface area (Å²) in [6.45, 7) is 6.76. The summed E-state index contributed by atoms with van der Waals surface area (Å²) < 4.78 is 7.97. The van der Waals surface area contributed by atoms with E-state index in [-0.39, 0.29) is 11.7 Å². The van der Waals surface area contributed by atoms with Crippen LogP contribution in [0.25, 0.3) is 6.08 Å². The molecule has 1 heterocycles. The van der Waals surface area contributed by atoms with E-state index >= 15 is 0 Å². The molecule has 0 saturated heterocycles. The highest BCUT2D eigenvalue weighted by atomic mass is 16.5. The molecule has 25 heavy (non-hydrogen) atoms. The summed E-state index contributed by atoms with van der Waals surface area (Å²) in [5.74, 6) is 1.13. The van der Waals surface area contributed by atoms with Crippen molar-refractivity contribution in [2.75, 3.05) is 0 Å². The number of hydrogen-bond acceptors (Lipinski definition) is 4. The Morgan fingerprint density at radius 3 is 2.56 bits per heavy atom. The third-order valence-corrected chi connectivity index (χ3v) is 6.42. The number of hydrogen-bond donors (Lipinski definition) is 0. The molecule has 3 aliphatic carbocycles. The third kappa shape index (κ3) is 2.87. The lowest BCUT2D eigenvalue weighted by Gasteiger charge is -2.61. The molecule has 3 fully saturated rings. The Kier molecular flexibility index (Phi) is 4.25. The Hall–Kier alpha value is -2.11. The van der Waals surface area contributed by atoms with Gasteiger partial charge in [0.1, 0.15) is 6.10 Å². The van der Waals surface area contributed by atoms with Crippen molar-refractivity contribution in [3.63, 3.8) is 0 Å². The number of fused-ring (bicyclic) bond motifs is 2. The van der Waals surface area contributed by atoms with Crippen molar-refractivity contribution in [2.45, 2.75) is 39.7 Å². The molecule has 0 aliphatic heterocycles. The van der Waals surface area contributed by atoms with Gasteiger partial charge in [-0.15, -0.1) is 0 Å². The first kappa shape index (κ1) is 17.7. The minimum absolute atomic E-state index is 0.0584. The van der Waals surface area contributed by atoms with E-state index in [0.717, 1.165) is 11.0 Å². The molecule has 4 rings (SSSR count). The average Bonchev–Trinajstić information content (AvgIpc) is 2.56. The fourth-order valence-corrected chi connectivity index (χ4v) is 4.55. The minimum atomic E-state index is -0.438. The Balaban J connectivity index is 1.69. The number of ether oxygens (including phenoxy) is 1. The van der Waals surface area contributed by atoms with E-state index in [4.69, 9.17) is 4.74 Å². The summed E-state index contributed by atoms with van der Waals surface area (Å²) in [4.78, 5) is 35.9. The van der Waals surface area contributed by atoms with Crippen LogP contribution >= 0.6 is 0 Å². The number of esters is 1. The van der Waals surface area contributed by atoms with Crippen molar-refractivity contribution < 1.29 is 9.53 Å². The smallest absolute Gasteiger partial charge is 0.331 e. The second kappa shape index (κ2) is 6.00. The van der Waals surface area contributed by atoms with Crippen molar-refractivity contribution in [3.8, 4) is 0 Å². The Bertz CT molecular complexity index is 846. The van der Waals surface area contributed by atoms with Gasteiger partial charge >= 0.3 is 11.7 Å². The summed E-state index contributed by atoms with van der Waals surface area (Å²) in [6.07, 6.45) is 6.20. The predicted molar refractivity (Wildman–Crippen MR) is 95.0 cm³/mol. The van der Waals surface area contributed by atoms with Crippen LogP contribution in [0.15, 0.2) is 21.9 Å². The lowest BCUT2D eigenvalue weighted by molar-refractivity contribution is -0.182. The fourth-order valence-electron chi connectivity index (χ4n) is 4.55. The van der Waals surface area contributed by atoms with Crippen molar-refractivity contribution in [1.82, 2.24) is 9.13 Å². The van der Waals surface area contributed by atoms with Crippen LogP contribution in [0.3, 0.4) is 0 Å². The number of carbonyl (C=O) groups excluding carboxylic acids is 1. The van der Waals surface area contributed by atoms with E-state index in [2.05, 4.69) is 20.8 Å². The molecule has 1 aromatic rings. The quantitative estimate of drug-likeness (QED) is 0.617. The van der Waals surface area contributed by atoms with Gasteiger partial charge in [-0.2, -0.15) is 0 Å². The third-order valence-electron chi connectivity index (χ3n) is 6.42. The van der Waals surface area contributed by atoms with Gasteiger partial charge < -0.3 is 9.30 Å². The molecule has 0 unspecified atom stereocenters. The summed E-state index contributed by atoms with van der Waals surface area (Å²) in [6, 6.07) is 0. The lowest BCUT2D eigenvalue weighted by Crippen LogP contribution is -2.57. The normalized spacial score (nSPS) is 30.1. The van der Waals surface area contributed by atoms with Gasteiger partial charge in [0, 0.05) is 26.4 Å². The standard InChI is InChI=1S/C19H26N2O4/c1-11-14-8-13(19(14,2)3)9-15(11)25-16(22)7-6-12-10-20(4)18(24)21(5)17(12)23/h6-7,10-11,13-15H,8-9H2,1-5H3/b7-6+/t11-,13+,14+,15+/m0/s1. The molecule has 0 spiro atoms. The van der Waals surface area contributed by atoms with Gasteiger partial charge in [-0.05, 0) is 42.1 Å². The van der Waals surface area contributed by atoms with Crippen LogP contribution in [0.5, 0.6) is 0 Å². The Morgan fingerprint density at radius 2 is 1.96 bits per heavy atom. The summed E-state index contributed by atoms with van der Waals surface area (Å²) in [5.41, 5.74) is -0.204. The molecule has 1 aromatic heterocycles. The van der Waals surface area contributed by atoms with Crippen molar-refractivity contribution in [2.24, 2.45) is 37.3 Å². The average molecular weight is 346 g/mol. The SMILES string of the molecule is C[C@H]1[C@H]2C[C@H](C[C@H]1OC(=O)/C=C/c1cn(C)c(=O)n(C)c1=O)C2(C)C. The highest BCUT2D eigenvalue weighted by molar-refractivity contribution is 5.87. The summed E-state index contributed by atoms with van der Waals surface area (Å²) >= 11 is 0. The molecule has 136 valence electrons. The maximum atomic E-state index is 12.2. The van der Waals surface area contributed by atoms with Gasteiger partial charge in [0.15, 0.2) is 0 Å². The topological polar surface area (TPSA) is 70.3 Å². The van der Waals surface area contributed by atoms with Crippen LogP contribution in [-0.4, -0.2) is 21.2 Å². The first-order chi connectivity index (χ1) is 11.6. The monoisotopic (exact) mass is 346 g/mol. The maximum Gasteiger partial charge on any atom is 0.331 e. The Labute approximate surface area is 147 Å². The highest BCUT2D eigenvalue weighted by Gasteiger charge is 2.57.